The number of ether oxygens (including phenoxy) is 1. The number of nitrogens with one attached hydrogen (secondary N) is 1. The zero-order valence-electron chi connectivity index (χ0n) is 13.7. The van der Waals surface area contributed by atoms with Gasteiger partial charge in [0.25, 0.3) is 6.01 Å². The molecule has 24 heavy (non-hydrogen) atoms. The topological polar surface area (TPSA) is 67.6 Å². The van der Waals surface area contributed by atoms with Crippen molar-refractivity contribution in [1.82, 2.24) is 10.3 Å². The molecule has 124 valence electrons. The first-order valence-electron chi connectivity index (χ1n) is 7.63. The summed E-state index contributed by atoms with van der Waals surface area (Å²) in [6.45, 7) is 0.688. The number of carbonyl (C=O) groups excluding carboxylic acids is 1. The van der Waals surface area contributed by atoms with Crippen LogP contribution in [0.5, 0.6) is 5.75 Å². The molecule has 3 rings (SSSR count). The molecule has 0 saturated carbocycles. The molecule has 0 unspecified atom stereocenters. The highest BCUT2D eigenvalue weighted by molar-refractivity contribution is 5.81. The fourth-order valence-electron chi connectivity index (χ4n) is 2.40. The number of fused-ring (bicyclic) bond motifs is 1. The predicted octanol–water partition coefficient (Wildman–Crippen LogP) is 2.59. The van der Waals surface area contributed by atoms with Crippen molar-refractivity contribution in [2.45, 2.75) is 6.54 Å². The Morgan fingerprint density at radius 3 is 2.75 bits per heavy atom. The summed E-state index contributed by atoms with van der Waals surface area (Å²) in [4.78, 5) is 18.2. The summed E-state index contributed by atoms with van der Waals surface area (Å²) in [5.74, 6) is 0.594. The molecular weight excluding hydrogens is 306 g/mol. The van der Waals surface area contributed by atoms with E-state index in [1.165, 1.54) is 0 Å². The van der Waals surface area contributed by atoms with Crippen LogP contribution in [0.4, 0.5) is 6.01 Å². The van der Waals surface area contributed by atoms with E-state index in [1.807, 2.05) is 42.5 Å². The average Bonchev–Trinajstić information content (AvgIpc) is 3.05. The van der Waals surface area contributed by atoms with Gasteiger partial charge in [0, 0.05) is 19.7 Å². The van der Waals surface area contributed by atoms with Gasteiger partial charge < -0.3 is 19.4 Å². The van der Waals surface area contributed by atoms with E-state index in [9.17, 15) is 4.79 Å². The largest absolute Gasteiger partial charge is 0.497 e. The Balaban J connectivity index is 1.93. The van der Waals surface area contributed by atoms with Gasteiger partial charge in [0.2, 0.25) is 5.91 Å². The highest BCUT2D eigenvalue weighted by Gasteiger charge is 2.17. The minimum Gasteiger partial charge on any atom is -0.497 e. The second kappa shape index (κ2) is 7.04. The third-order valence-corrected chi connectivity index (χ3v) is 3.68. The van der Waals surface area contributed by atoms with Gasteiger partial charge in [-0.2, -0.15) is 4.98 Å². The quantitative estimate of drug-likeness (QED) is 0.754. The van der Waals surface area contributed by atoms with Gasteiger partial charge in [-0.25, -0.2) is 0 Å². The van der Waals surface area contributed by atoms with Crippen molar-refractivity contribution < 1.29 is 13.9 Å². The lowest BCUT2D eigenvalue weighted by molar-refractivity contribution is -0.119. The summed E-state index contributed by atoms with van der Waals surface area (Å²) in [5, 5.41) is 2.63. The molecular formula is C18H19N3O3. The van der Waals surface area contributed by atoms with Gasteiger partial charge in [0.05, 0.1) is 7.11 Å². The van der Waals surface area contributed by atoms with Crippen LogP contribution in [0.1, 0.15) is 5.56 Å². The summed E-state index contributed by atoms with van der Waals surface area (Å²) >= 11 is 0. The molecule has 0 fully saturated rings. The van der Waals surface area contributed by atoms with Gasteiger partial charge in [0.15, 0.2) is 5.58 Å². The van der Waals surface area contributed by atoms with E-state index in [-0.39, 0.29) is 12.5 Å². The number of oxazole rings is 1. The molecule has 0 atom stereocenters. The molecule has 1 N–H and O–H groups in total. The Hall–Kier alpha value is -3.02. The Kier molecular flexibility index (Phi) is 4.65. The fourth-order valence-corrected chi connectivity index (χ4v) is 2.40. The first-order chi connectivity index (χ1) is 11.7. The monoisotopic (exact) mass is 325 g/mol. The number of methoxy groups -OCH3 is 1. The van der Waals surface area contributed by atoms with Crippen LogP contribution >= 0.6 is 0 Å². The van der Waals surface area contributed by atoms with Crippen molar-refractivity contribution in [2.75, 3.05) is 25.6 Å². The maximum absolute atomic E-state index is 11.9. The zero-order valence-corrected chi connectivity index (χ0v) is 13.7. The van der Waals surface area contributed by atoms with Crippen LogP contribution in [0.25, 0.3) is 11.1 Å². The summed E-state index contributed by atoms with van der Waals surface area (Å²) < 4.78 is 11.0. The number of nitrogens with zero attached hydrogens (tertiary/aromatic N) is 2. The first kappa shape index (κ1) is 15.9. The zero-order chi connectivity index (χ0) is 16.9. The Morgan fingerprint density at radius 2 is 2.04 bits per heavy atom. The molecule has 0 saturated heterocycles. The van der Waals surface area contributed by atoms with Crippen molar-refractivity contribution in [2.24, 2.45) is 0 Å². The number of hydrogen-bond donors (Lipinski definition) is 1. The minimum absolute atomic E-state index is 0.106. The smallest absolute Gasteiger partial charge is 0.299 e. The lowest BCUT2D eigenvalue weighted by Gasteiger charge is -2.19. The first-order valence-corrected chi connectivity index (χ1v) is 7.63. The van der Waals surface area contributed by atoms with Crippen molar-refractivity contribution in [3.8, 4) is 5.75 Å². The van der Waals surface area contributed by atoms with E-state index in [0.717, 1.165) is 11.1 Å². The molecule has 0 radical (unpaired) electrons. The van der Waals surface area contributed by atoms with Crippen LogP contribution < -0.4 is 15.0 Å². The molecule has 1 amide bonds. The maximum Gasteiger partial charge on any atom is 0.299 e. The Labute approximate surface area is 140 Å². The fraction of sp³-hybridized carbons (Fsp3) is 0.222. The average molecular weight is 325 g/mol. The number of amides is 1. The third kappa shape index (κ3) is 3.48. The second-order valence-electron chi connectivity index (χ2n) is 5.34. The molecule has 0 bridgehead atoms. The molecule has 0 spiro atoms. The van der Waals surface area contributed by atoms with E-state index in [1.54, 1.807) is 25.1 Å². The van der Waals surface area contributed by atoms with Crippen molar-refractivity contribution in [1.29, 1.82) is 0 Å². The summed E-state index contributed by atoms with van der Waals surface area (Å²) in [6, 6.07) is 15.7. The van der Waals surface area contributed by atoms with Crippen LogP contribution in [0.2, 0.25) is 0 Å². The lowest BCUT2D eigenvalue weighted by atomic mass is 10.2. The standard InChI is InChI=1S/C18H19N3O3/c1-19-17(22)12-21(11-13-6-4-3-5-7-13)18-20-15-9-8-14(23-2)10-16(15)24-18/h3-10H,11-12H2,1-2H3,(H,19,22). The molecule has 0 aliphatic heterocycles. The van der Waals surface area contributed by atoms with Crippen molar-refractivity contribution in [3.63, 3.8) is 0 Å². The van der Waals surface area contributed by atoms with E-state index in [4.69, 9.17) is 9.15 Å². The van der Waals surface area contributed by atoms with E-state index in [0.29, 0.717) is 23.9 Å². The number of benzene rings is 2. The molecule has 6 heteroatoms. The Bertz CT molecular complexity index is 830. The van der Waals surface area contributed by atoms with Crippen molar-refractivity contribution in [3.05, 3.63) is 54.1 Å². The normalized spacial score (nSPS) is 10.6. The van der Waals surface area contributed by atoms with Crippen molar-refractivity contribution >= 4 is 23.0 Å². The third-order valence-electron chi connectivity index (χ3n) is 3.68. The molecule has 1 heterocycles. The lowest BCUT2D eigenvalue weighted by Crippen LogP contribution is -2.35. The molecule has 2 aromatic carbocycles. The van der Waals surface area contributed by atoms with E-state index in [2.05, 4.69) is 10.3 Å². The van der Waals surface area contributed by atoms with E-state index < -0.39 is 0 Å². The number of hydrogen-bond acceptors (Lipinski definition) is 5. The Morgan fingerprint density at radius 1 is 1.25 bits per heavy atom. The number of carbonyl (C=O) groups is 1. The predicted molar refractivity (Wildman–Crippen MR) is 92.1 cm³/mol. The van der Waals surface area contributed by atoms with Gasteiger partial charge in [-0.1, -0.05) is 30.3 Å². The minimum atomic E-state index is -0.106. The molecule has 6 nitrogen and oxygen atoms in total. The van der Waals surface area contributed by atoms with Gasteiger partial charge in [0.1, 0.15) is 17.8 Å². The highest BCUT2D eigenvalue weighted by atomic mass is 16.5. The van der Waals surface area contributed by atoms with E-state index >= 15 is 0 Å². The molecule has 0 aliphatic carbocycles. The van der Waals surface area contributed by atoms with Crippen LogP contribution in [0, 0.1) is 0 Å². The van der Waals surface area contributed by atoms with Crippen LogP contribution in [0.15, 0.2) is 52.9 Å². The summed E-state index contributed by atoms with van der Waals surface area (Å²) in [7, 11) is 3.21. The molecule has 1 aromatic heterocycles. The SMILES string of the molecule is CNC(=O)CN(Cc1ccccc1)c1nc2ccc(OC)cc2o1. The molecule has 3 aromatic rings. The van der Waals surface area contributed by atoms with Gasteiger partial charge in [-0.15, -0.1) is 0 Å². The number of rotatable bonds is 6. The second-order valence-corrected chi connectivity index (χ2v) is 5.34. The van der Waals surface area contributed by atoms with Gasteiger partial charge in [-0.05, 0) is 17.7 Å². The van der Waals surface area contributed by atoms with Crippen LogP contribution in [-0.4, -0.2) is 31.6 Å². The number of likely N-dealkylation sites (N-methyl/N-ethyl adjacent to an activating group) is 1. The summed E-state index contributed by atoms with van der Waals surface area (Å²) in [5.41, 5.74) is 2.42. The highest BCUT2D eigenvalue weighted by Crippen LogP contribution is 2.26. The van der Waals surface area contributed by atoms with Gasteiger partial charge >= 0.3 is 0 Å². The van der Waals surface area contributed by atoms with Gasteiger partial charge in [-0.3, -0.25) is 4.79 Å². The number of aromatic nitrogens is 1. The van der Waals surface area contributed by atoms with Crippen LogP contribution in [-0.2, 0) is 11.3 Å². The summed E-state index contributed by atoms with van der Waals surface area (Å²) in [6.07, 6.45) is 0. The number of anilines is 1. The van der Waals surface area contributed by atoms with Crippen LogP contribution in [0.3, 0.4) is 0 Å². The molecule has 0 aliphatic rings. The maximum atomic E-state index is 11.9.